The molecule has 0 saturated carbocycles. The van der Waals surface area contributed by atoms with Crippen molar-refractivity contribution in [3.8, 4) is 11.5 Å². The fourth-order valence-electron chi connectivity index (χ4n) is 1.69. The maximum atomic E-state index is 9.63. The molecule has 106 valence electrons. The zero-order valence-electron chi connectivity index (χ0n) is 10.5. The zero-order valence-corrected chi connectivity index (χ0v) is 12.0. The van der Waals surface area contributed by atoms with Gasteiger partial charge in [0.05, 0.1) is 11.4 Å². The molecule has 0 radical (unpaired) electrons. The molecular weight excluding hydrogens is 299 g/mol. The number of halogens is 2. The standard InChI is InChI=1S/C14H14Cl2N2O2/c15-9-1-3-13(19)11(7-9)17-5-6-18-12-8-10(16)2-4-14(12)20/h1-4,7-8,17-20H,5-6H2. The average Bonchev–Trinajstić information content (AvgIpc) is 2.42. The molecule has 20 heavy (non-hydrogen) atoms. The Labute approximate surface area is 127 Å². The Bertz CT molecular complexity index is 552. The Kier molecular flexibility index (Phi) is 4.82. The molecule has 0 aliphatic heterocycles. The number of hydrogen-bond donors (Lipinski definition) is 4. The van der Waals surface area contributed by atoms with Gasteiger partial charge in [-0.2, -0.15) is 0 Å². The van der Waals surface area contributed by atoms with Gasteiger partial charge in [-0.1, -0.05) is 23.2 Å². The third kappa shape index (κ3) is 3.85. The van der Waals surface area contributed by atoms with E-state index in [0.29, 0.717) is 34.5 Å². The lowest BCUT2D eigenvalue weighted by atomic mass is 10.3. The van der Waals surface area contributed by atoms with Crippen LogP contribution in [0.2, 0.25) is 10.0 Å². The molecule has 0 atom stereocenters. The van der Waals surface area contributed by atoms with Gasteiger partial charge in [-0.05, 0) is 36.4 Å². The Morgan fingerprint density at radius 2 is 1.15 bits per heavy atom. The lowest BCUT2D eigenvalue weighted by Crippen LogP contribution is -2.13. The van der Waals surface area contributed by atoms with Gasteiger partial charge in [0.25, 0.3) is 0 Å². The van der Waals surface area contributed by atoms with Gasteiger partial charge in [-0.3, -0.25) is 0 Å². The van der Waals surface area contributed by atoms with Gasteiger partial charge in [0.2, 0.25) is 0 Å². The van der Waals surface area contributed by atoms with E-state index in [1.807, 2.05) is 0 Å². The molecule has 0 spiro atoms. The third-order valence-electron chi connectivity index (χ3n) is 2.67. The molecule has 2 rings (SSSR count). The lowest BCUT2D eigenvalue weighted by molar-refractivity contribution is 0.476. The summed E-state index contributed by atoms with van der Waals surface area (Å²) in [5, 5.41) is 26.5. The molecular formula is C14H14Cl2N2O2. The van der Waals surface area contributed by atoms with Gasteiger partial charge in [0.1, 0.15) is 11.5 Å². The monoisotopic (exact) mass is 312 g/mol. The van der Waals surface area contributed by atoms with Crippen LogP contribution in [0.4, 0.5) is 11.4 Å². The Morgan fingerprint density at radius 1 is 0.750 bits per heavy atom. The van der Waals surface area contributed by atoms with Gasteiger partial charge in [0.15, 0.2) is 0 Å². The minimum absolute atomic E-state index is 0.139. The van der Waals surface area contributed by atoms with E-state index in [1.165, 1.54) is 12.1 Å². The molecule has 0 unspecified atom stereocenters. The van der Waals surface area contributed by atoms with Crippen molar-refractivity contribution in [1.82, 2.24) is 0 Å². The second-order valence-electron chi connectivity index (χ2n) is 4.18. The maximum absolute atomic E-state index is 9.63. The summed E-state index contributed by atoms with van der Waals surface area (Å²) in [6.45, 7) is 1.08. The highest BCUT2D eigenvalue weighted by molar-refractivity contribution is 6.31. The van der Waals surface area contributed by atoms with E-state index in [0.717, 1.165) is 0 Å². The van der Waals surface area contributed by atoms with Crippen molar-refractivity contribution >= 4 is 34.6 Å². The van der Waals surface area contributed by atoms with Crippen molar-refractivity contribution in [2.24, 2.45) is 0 Å². The van der Waals surface area contributed by atoms with Gasteiger partial charge >= 0.3 is 0 Å². The third-order valence-corrected chi connectivity index (χ3v) is 3.14. The van der Waals surface area contributed by atoms with Crippen LogP contribution in [0.3, 0.4) is 0 Å². The lowest BCUT2D eigenvalue weighted by Gasteiger charge is -2.11. The summed E-state index contributed by atoms with van der Waals surface area (Å²) in [5.74, 6) is 0.278. The SMILES string of the molecule is Oc1ccc(Cl)cc1NCCNc1cc(Cl)ccc1O. The summed E-state index contributed by atoms with van der Waals surface area (Å²) in [7, 11) is 0. The Balaban J connectivity index is 1.87. The van der Waals surface area contributed by atoms with E-state index >= 15 is 0 Å². The molecule has 0 aromatic heterocycles. The molecule has 6 heteroatoms. The smallest absolute Gasteiger partial charge is 0.138 e. The first-order valence-corrected chi connectivity index (χ1v) is 6.76. The largest absolute Gasteiger partial charge is 0.506 e. The van der Waals surface area contributed by atoms with Crippen molar-refractivity contribution in [2.75, 3.05) is 23.7 Å². The van der Waals surface area contributed by atoms with Crippen LogP contribution < -0.4 is 10.6 Å². The molecule has 0 saturated heterocycles. The fourth-order valence-corrected chi connectivity index (χ4v) is 2.04. The van der Waals surface area contributed by atoms with Crippen molar-refractivity contribution in [1.29, 1.82) is 0 Å². The van der Waals surface area contributed by atoms with Crippen LogP contribution in [0.15, 0.2) is 36.4 Å². The van der Waals surface area contributed by atoms with Crippen molar-refractivity contribution in [3.05, 3.63) is 46.4 Å². The minimum atomic E-state index is 0.139. The van der Waals surface area contributed by atoms with Crippen LogP contribution in [0.5, 0.6) is 11.5 Å². The number of benzene rings is 2. The average molecular weight is 313 g/mol. The quantitative estimate of drug-likeness (QED) is 0.499. The van der Waals surface area contributed by atoms with Crippen molar-refractivity contribution in [2.45, 2.75) is 0 Å². The van der Waals surface area contributed by atoms with Gasteiger partial charge in [-0.15, -0.1) is 0 Å². The summed E-state index contributed by atoms with van der Waals surface area (Å²) in [6.07, 6.45) is 0. The molecule has 0 bridgehead atoms. The summed E-state index contributed by atoms with van der Waals surface area (Å²) >= 11 is 11.7. The maximum Gasteiger partial charge on any atom is 0.138 e. The molecule has 0 fully saturated rings. The predicted octanol–water partition coefficient (Wildman–Crippen LogP) is 3.93. The molecule has 0 aliphatic carbocycles. The van der Waals surface area contributed by atoms with Crippen LogP contribution in [0.1, 0.15) is 0 Å². The molecule has 0 heterocycles. The summed E-state index contributed by atoms with van der Waals surface area (Å²) < 4.78 is 0. The van der Waals surface area contributed by atoms with Gasteiger partial charge in [-0.25, -0.2) is 0 Å². The van der Waals surface area contributed by atoms with Crippen molar-refractivity contribution in [3.63, 3.8) is 0 Å². The number of nitrogens with one attached hydrogen (secondary N) is 2. The van der Waals surface area contributed by atoms with Gasteiger partial charge in [0, 0.05) is 23.1 Å². The van der Waals surface area contributed by atoms with E-state index in [9.17, 15) is 10.2 Å². The van der Waals surface area contributed by atoms with Crippen LogP contribution in [0.25, 0.3) is 0 Å². The van der Waals surface area contributed by atoms with E-state index in [-0.39, 0.29) is 11.5 Å². The first-order valence-electron chi connectivity index (χ1n) is 6.01. The minimum Gasteiger partial charge on any atom is -0.506 e. The van der Waals surface area contributed by atoms with Crippen LogP contribution in [0, 0.1) is 0 Å². The highest BCUT2D eigenvalue weighted by Gasteiger charge is 2.03. The Hall–Kier alpha value is -1.78. The molecule has 0 aliphatic rings. The number of anilines is 2. The van der Waals surface area contributed by atoms with E-state index in [4.69, 9.17) is 23.2 Å². The number of phenolic OH excluding ortho intramolecular Hbond substituents is 2. The topological polar surface area (TPSA) is 64.5 Å². The fraction of sp³-hybridized carbons (Fsp3) is 0.143. The van der Waals surface area contributed by atoms with Crippen LogP contribution in [-0.2, 0) is 0 Å². The molecule has 2 aromatic carbocycles. The highest BCUT2D eigenvalue weighted by atomic mass is 35.5. The first-order chi connectivity index (χ1) is 9.56. The van der Waals surface area contributed by atoms with E-state index in [1.54, 1.807) is 24.3 Å². The van der Waals surface area contributed by atoms with E-state index in [2.05, 4.69) is 10.6 Å². The predicted molar refractivity (Wildman–Crippen MR) is 83.2 cm³/mol. The second-order valence-corrected chi connectivity index (χ2v) is 5.05. The first kappa shape index (κ1) is 14.6. The van der Waals surface area contributed by atoms with Crippen molar-refractivity contribution < 1.29 is 10.2 Å². The molecule has 4 nitrogen and oxygen atoms in total. The molecule has 0 amide bonds. The molecule has 4 N–H and O–H groups in total. The van der Waals surface area contributed by atoms with Gasteiger partial charge < -0.3 is 20.8 Å². The number of phenols is 2. The van der Waals surface area contributed by atoms with E-state index < -0.39 is 0 Å². The Morgan fingerprint density at radius 3 is 1.55 bits per heavy atom. The second kappa shape index (κ2) is 6.59. The van der Waals surface area contributed by atoms with Crippen LogP contribution >= 0.6 is 23.2 Å². The highest BCUT2D eigenvalue weighted by Crippen LogP contribution is 2.27. The molecule has 2 aromatic rings. The zero-order chi connectivity index (χ0) is 14.5. The summed E-state index contributed by atoms with van der Waals surface area (Å²) in [6, 6.07) is 9.58. The number of aromatic hydroxyl groups is 2. The normalized spacial score (nSPS) is 10.3. The summed E-state index contributed by atoms with van der Waals surface area (Å²) in [4.78, 5) is 0. The van der Waals surface area contributed by atoms with Crippen LogP contribution in [-0.4, -0.2) is 23.3 Å². The number of rotatable bonds is 5. The summed E-state index contributed by atoms with van der Waals surface area (Å²) in [5.41, 5.74) is 1.13. The number of hydrogen-bond acceptors (Lipinski definition) is 4.